The highest BCUT2D eigenvalue weighted by molar-refractivity contribution is 5.98. The number of carbonyl (C=O) groups excluding carboxylic acids is 2. The number of amides is 1. The molecule has 1 saturated heterocycles. The van der Waals surface area contributed by atoms with Crippen LogP contribution in [0.4, 0.5) is 25.1 Å². The summed E-state index contributed by atoms with van der Waals surface area (Å²) in [6, 6.07) is 8.50. The summed E-state index contributed by atoms with van der Waals surface area (Å²) in [6.07, 6.45) is 3.30. The molecule has 0 spiro atoms. The summed E-state index contributed by atoms with van der Waals surface area (Å²) in [5.74, 6) is -0.134. The summed E-state index contributed by atoms with van der Waals surface area (Å²) < 4.78 is 41.6. The summed E-state index contributed by atoms with van der Waals surface area (Å²) in [7, 11) is 0. The number of alkyl halides is 2. The number of ether oxygens (including phenoxy) is 2. The summed E-state index contributed by atoms with van der Waals surface area (Å²) in [5, 5.41) is 5.15. The maximum Gasteiger partial charge on any atom is 0.410 e. The zero-order chi connectivity index (χ0) is 31.2. The van der Waals surface area contributed by atoms with E-state index in [0.29, 0.717) is 59.6 Å². The van der Waals surface area contributed by atoms with E-state index >= 15 is 0 Å². The van der Waals surface area contributed by atoms with Crippen LogP contribution in [0.25, 0.3) is 22.0 Å². The van der Waals surface area contributed by atoms with E-state index in [4.69, 9.17) is 9.47 Å². The Morgan fingerprint density at radius 1 is 1.16 bits per heavy atom. The Bertz CT molecular complexity index is 1730. The zero-order valence-corrected chi connectivity index (χ0v) is 25.1. The standard InChI is InChI=1S/C32H34F2N6O4/c1-5-43-30(41)25-13-20-8-6-10-35-27(20)29(37-25)39-11-7-9-19-12-23(24(28(33)34)14-26(19)39)21-15-36-40(16-21)22-17-38(18-22)31(42)44-32(2,3)4/h6,8,10,12-16,22,28H,5,7,9,11,17-18H2,1-4H3. The number of likely N-dealkylation sites (tertiary alicyclic amines) is 1. The SMILES string of the molecule is CCOC(=O)c1cc2cccnc2c(N2CCCc3cc(-c4cnn(C5CN(C(=O)OC(C)(C)C)C5)c4)c(C(F)F)cc32)n1. The molecule has 2 aliphatic rings. The van der Waals surface area contributed by atoms with Gasteiger partial charge in [0.05, 0.1) is 18.8 Å². The highest BCUT2D eigenvalue weighted by Crippen LogP contribution is 2.42. The van der Waals surface area contributed by atoms with Gasteiger partial charge < -0.3 is 19.3 Å². The van der Waals surface area contributed by atoms with Gasteiger partial charge in [0.25, 0.3) is 6.43 Å². The lowest BCUT2D eigenvalue weighted by molar-refractivity contribution is -0.000402. The number of hydrogen-bond donors (Lipinski definition) is 0. The Morgan fingerprint density at radius 2 is 1.95 bits per heavy atom. The minimum Gasteiger partial charge on any atom is -0.461 e. The quantitative estimate of drug-likeness (QED) is 0.230. The van der Waals surface area contributed by atoms with Crippen molar-refractivity contribution in [3.63, 3.8) is 0 Å². The Hall–Kier alpha value is -4.61. The molecule has 0 atom stereocenters. The van der Waals surface area contributed by atoms with Crippen molar-refractivity contribution in [2.24, 2.45) is 0 Å². The molecule has 0 saturated carbocycles. The molecule has 0 radical (unpaired) electrons. The van der Waals surface area contributed by atoms with E-state index in [-0.39, 0.29) is 30.0 Å². The van der Waals surface area contributed by atoms with Gasteiger partial charge >= 0.3 is 12.1 Å². The van der Waals surface area contributed by atoms with E-state index in [1.165, 1.54) is 6.07 Å². The number of benzene rings is 1. The summed E-state index contributed by atoms with van der Waals surface area (Å²) in [4.78, 5) is 37.6. The van der Waals surface area contributed by atoms with Crippen LogP contribution in [0.2, 0.25) is 0 Å². The number of anilines is 2. The van der Waals surface area contributed by atoms with Crippen molar-refractivity contribution < 1.29 is 27.8 Å². The Balaban J connectivity index is 1.33. The molecule has 1 amide bonds. The second kappa shape index (κ2) is 11.5. The molecule has 1 aromatic carbocycles. The maximum absolute atomic E-state index is 14.6. The normalized spacial score (nSPS) is 15.3. The average Bonchev–Trinajstić information content (AvgIpc) is 3.43. The molecular formula is C32H34F2N6O4. The summed E-state index contributed by atoms with van der Waals surface area (Å²) >= 11 is 0. The van der Waals surface area contributed by atoms with Gasteiger partial charge in [-0.3, -0.25) is 9.67 Å². The zero-order valence-electron chi connectivity index (χ0n) is 25.1. The molecule has 10 nitrogen and oxygen atoms in total. The van der Waals surface area contributed by atoms with E-state index in [1.807, 2.05) is 37.8 Å². The topological polar surface area (TPSA) is 103 Å². The molecule has 6 rings (SSSR count). The van der Waals surface area contributed by atoms with Crippen molar-refractivity contribution in [1.29, 1.82) is 0 Å². The molecule has 5 heterocycles. The van der Waals surface area contributed by atoms with E-state index in [9.17, 15) is 18.4 Å². The van der Waals surface area contributed by atoms with Crippen molar-refractivity contribution in [2.45, 2.75) is 58.6 Å². The van der Waals surface area contributed by atoms with Crippen LogP contribution >= 0.6 is 0 Å². The van der Waals surface area contributed by atoms with E-state index in [2.05, 4.69) is 15.1 Å². The van der Waals surface area contributed by atoms with Crippen molar-refractivity contribution in [1.82, 2.24) is 24.6 Å². The molecule has 12 heteroatoms. The van der Waals surface area contributed by atoms with Gasteiger partial charge in [0.2, 0.25) is 0 Å². The lowest BCUT2D eigenvalue weighted by atomic mass is 9.93. The first-order valence-electron chi connectivity index (χ1n) is 14.7. The minimum atomic E-state index is -2.75. The van der Waals surface area contributed by atoms with Gasteiger partial charge in [0.15, 0.2) is 11.5 Å². The lowest BCUT2D eigenvalue weighted by Crippen LogP contribution is -2.52. The molecule has 2 aliphatic heterocycles. The van der Waals surface area contributed by atoms with Crippen molar-refractivity contribution in [2.75, 3.05) is 31.1 Å². The third-order valence-electron chi connectivity index (χ3n) is 7.71. The number of hydrogen-bond acceptors (Lipinski definition) is 8. The average molecular weight is 605 g/mol. The molecule has 1 fully saturated rings. The fourth-order valence-electron chi connectivity index (χ4n) is 5.64. The predicted octanol–water partition coefficient (Wildman–Crippen LogP) is 6.48. The molecule has 230 valence electrons. The molecule has 0 unspecified atom stereocenters. The molecule has 0 N–H and O–H groups in total. The van der Waals surface area contributed by atoms with Crippen LogP contribution in [-0.4, -0.2) is 68.6 Å². The highest BCUT2D eigenvalue weighted by Gasteiger charge is 2.35. The van der Waals surface area contributed by atoms with E-state index in [1.54, 1.807) is 47.2 Å². The number of pyridine rings is 2. The largest absolute Gasteiger partial charge is 0.461 e. The second-order valence-electron chi connectivity index (χ2n) is 12.0. The summed E-state index contributed by atoms with van der Waals surface area (Å²) in [6.45, 7) is 8.75. The fourth-order valence-corrected chi connectivity index (χ4v) is 5.64. The monoisotopic (exact) mass is 604 g/mol. The molecular weight excluding hydrogens is 570 g/mol. The second-order valence-corrected chi connectivity index (χ2v) is 12.0. The number of carbonyl (C=O) groups is 2. The smallest absolute Gasteiger partial charge is 0.410 e. The van der Waals surface area contributed by atoms with Gasteiger partial charge in [-0.25, -0.2) is 23.4 Å². The predicted molar refractivity (Wildman–Crippen MR) is 160 cm³/mol. The first kappa shape index (κ1) is 29.5. The van der Waals surface area contributed by atoms with Crippen molar-refractivity contribution >= 4 is 34.5 Å². The van der Waals surface area contributed by atoms with Gasteiger partial charge in [-0.15, -0.1) is 0 Å². The van der Waals surface area contributed by atoms with Gasteiger partial charge in [0.1, 0.15) is 11.1 Å². The number of aromatic nitrogens is 4. The van der Waals surface area contributed by atoms with Crippen LogP contribution in [0.3, 0.4) is 0 Å². The number of esters is 1. The summed E-state index contributed by atoms with van der Waals surface area (Å²) in [5.41, 5.74) is 2.46. The van der Waals surface area contributed by atoms with E-state index in [0.717, 1.165) is 12.0 Å². The third-order valence-corrected chi connectivity index (χ3v) is 7.71. The minimum absolute atomic E-state index is 0.0714. The number of nitrogens with zero attached hydrogens (tertiary/aromatic N) is 6. The van der Waals surface area contributed by atoms with Crippen LogP contribution in [-0.2, 0) is 15.9 Å². The first-order valence-corrected chi connectivity index (χ1v) is 14.7. The van der Waals surface area contributed by atoms with Crippen LogP contribution in [0.5, 0.6) is 0 Å². The maximum atomic E-state index is 14.6. The first-order chi connectivity index (χ1) is 21.0. The van der Waals surface area contributed by atoms with Crippen LogP contribution in [0, 0.1) is 0 Å². The third kappa shape index (κ3) is 5.68. The van der Waals surface area contributed by atoms with E-state index < -0.39 is 18.0 Å². The van der Waals surface area contributed by atoms with Crippen LogP contribution in [0.1, 0.15) is 68.2 Å². The lowest BCUT2D eigenvalue weighted by Gasteiger charge is -2.39. The Labute approximate surface area is 253 Å². The molecule has 44 heavy (non-hydrogen) atoms. The highest BCUT2D eigenvalue weighted by atomic mass is 19.3. The number of aryl methyl sites for hydroxylation is 1. The van der Waals surface area contributed by atoms with Crippen LogP contribution < -0.4 is 4.90 Å². The fraction of sp³-hybridized carbons (Fsp3) is 0.406. The Kier molecular flexibility index (Phi) is 7.68. The number of fused-ring (bicyclic) bond motifs is 2. The van der Waals surface area contributed by atoms with Gasteiger partial charge in [0, 0.05) is 54.2 Å². The number of halogens is 2. The molecule has 0 aliphatic carbocycles. The Morgan fingerprint density at radius 3 is 2.68 bits per heavy atom. The molecule has 0 bridgehead atoms. The van der Waals surface area contributed by atoms with Gasteiger partial charge in [-0.1, -0.05) is 6.07 Å². The van der Waals surface area contributed by atoms with Crippen molar-refractivity contribution in [3.8, 4) is 11.1 Å². The van der Waals surface area contributed by atoms with Gasteiger partial charge in [-0.05, 0) is 75.9 Å². The van der Waals surface area contributed by atoms with Gasteiger partial charge in [-0.2, -0.15) is 5.10 Å². The van der Waals surface area contributed by atoms with Crippen LogP contribution in [0.15, 0.2) is 48.9 Å². The molecule has 4 aromatic rings. The molecule has 3 aromatic heterocycles. The van der Waals surface area contributed by atoms with Crippen molar-refractivity contribution in [3.05, 3.63) is 65.7 Å². The number of rotatable bonds is 6.